The van der Waals surface area contributed by atoms with Gasteiger partial charge in [-0.3, -0.25) is 0 Å². The molecule has 0 saturated carbocycles. The van der Waals surface area contributed by atoms with Gasteiger partial charge in [-0.2, -0.15) is 0 Å². The van der Waals surface area contributed by atoms with Crippen LogP contribution in [0, 0.1) is 6.92 Å². The molecule has 2 rings (SSSR count). The molecule has 0 amide bonds. The van der Waals surface area contributed by atoms with Crippen molar-refractivity contribution in [3.05, 3.63) is 65.7 Å². The van der Waals surface area contributed by atoms with Crippen molar-refractivity contribution in [2.75, 3.05) is 0 Å². The Balaban J connectivity index is 2.48. The number of hydrogen-bond acceptors (Lipinski definition) is 3. The minimum absolute atomic E-state index is 0.0414. The fraction of sp³-hybridized carbons (Fsp3) is 0.188. The van der Waals surface area contributed by atoms with Crippen LogP contribution < -0.4 is 0 Å². The molecule has 0 heterocycles. The molecule has 0 N–H and O–H groups in total. The monoisotopic (exact) mass is 288 g/mol. The van der Waals surface area contributed by atoms with E-state index in [1.54, 1.807) is 48.5 Å². The van der Waals surface area contributed by atoms with Crippen LogP contribution in [0.25, 0.3) is 0 Å². The van der Waals surface area contributed by atoms with Gasteiger partial charge >= 0.3 is 0 Å². The van der Waals surface area contributed by atoms with Crippen LogP contribution in [0.1, 0.15) is 22.8 Å². The van der Waals surface area contributed by atoms with E-state index >= 15 is 0 Å². The zero-order valence-electron chi connectivity index (χ0n) is 11.2. The number of carbonyl (C=O) groups excluding carboxylic acids is 1. The summed E-state index contributed by atoms with van der Waals surface area (Å²) in [5, 5.41) is -0.830. The minimum Gasteiger partial charge on any atom is -0.303 e. The van der Waals surface area contributed by atoms with Crippen LogP contribution in [-0.2, 0) is 14.6 Å². The molecule has 4 heteroatoms. The summed E-state index contributed by atoms with van der Waals surface area (Å²) in [5.74, 6) is 0. The molecule has 0 bridgehead atoms. The maximum Gasteiger partial charge on any atom is 0.185 e. The van der Waals surface area contributed by atoms with E-state index in [0.717, 1.165) is 5.56 Å². The lowest BCUT2D eigenvalue weighted by Crippen LogP contribution is -2.14. The average molecular weight is 288 g/mol. The van der Waals surface area contributed by atoms with Crippen LogP contribution in [-0.4, -0.2) is 14.7 Å². The van der Waals surface area contributed by atoms with Crippen LogP contribution in [0.5, 0.6) is 0 Å². The number of aldehydes is 1. The third-order valence-corrected chi connectivity index (χ3v) is 5.35. The first-order valence-electron chi connectivity index (χ1n) is 6.35. The van der Waals surface area contributed by atoms with Crippen LogP contribution in [0.2, 0.25) is 0 Å². The highest BCUT2D eigenvalue weighted by atomic mass is 32.2. The SMILES string of the molecule is Cc1ccc(S(=O)(=O)C(CC=O)c2ccccc2)cc1. The zero-order chi connectivity index (χ0) is 14.6. The summed E-state index contributed by atoms with van der Waals surface area (Å²) >= 11 is 0. The van der Waals surface area contributed by atoms with Crippen molar-refractivity contribution in [3.63, 3.8) is 0 Å². The van der Waals surface area contributed by atoms with Gasteiger partial charge in [-0.05, 0) is 24.6 Å². The highest BCUT2D eigenvalue weighted by Gasteiger charge is 2.28. The summed E-state index contributed by atoms with van der Waals surface area (Å²) in [6.07, 6.45) is 0.615. The molecule has 0 fully saturated rings. The largest absolute Gasteiger partial charge is 0.303 e. The second-order valence-corrected chi connectivity index (χ2v) is 6.79. The van der Waals surface area contributed by atoms with Gasteiger partial charge in [-0.15, -0.1) is 0 Å². The van der Waals surface area contributed by atoms with Crippen LogP contribution in [0.4, 0.5) is 0 Å². The summed E-state index contributed by atoms with van der Waals surface area (Å²) in [7, 11) is -3.56. The second-order valence-electron chi connectivity index (χ2n) is 4.66. The van der Waals surface area contributed by atoms with Gasteiger partial charge in [-0.1, -0.05) is 48.0 Å². The van der Waals surface area contributed by atoms with Crippen LogP contribution in [0.3, 0.4) is 0 Å². The summed E-state index contributed by atoms with van der Waals surface area (Å²) < 4.78 is 25.4. The van der Waals surface area contributed by atoms with E-state index in [1.807, 2.05) is 13.0 Å². The van der Waals surface area contributed by atoms with Gasteiger partial charge in [0.15, 0.2) is 9.84 Å². The smallest absolute Gasteiger partial charge is 0.185 e. The normalized spacial score (nSPS) is 12.8. The highest BCUT2D eigenvalue weighted by molar-refractivity contribution is 7.91. The van der Waals surface area contributed by atoms with E-state index in [1.165, 1.54) is 0 Å². The first-order valence-corrected chi connectivity index (χ1v) is 7.89. The van der Waals surface area contributed by atoms with Crippen molar-refractivity contribution >= 4 is 16.1 Å². The molecule has 3 nitrogen and oxygen atoms in total. The molecule has 104 valence electrons. The Bertz CT molecular complexity index is 673. The Morgan fingerprint density at radius 1 is 1.00 bits per heavy atom. The van der Waals surface area contributed by atoms with Crippen molar-refractivity contribution in [1.29, 1.82) is 0 Å². The summed E-state index contributed by atoms with van der Waals surface area (Å²) in [6.45, 7) is 1.90. The van der Waals surface area contributed by atoms with E-state index in [4.69, 9.17) is 0 Å². The van der Waals surface area contributed by atoms with Gasteiger partial charge in [0.2, 0.25) is 0 Å². The Morgan fingerprint density at radius 3 is 2.15 bits per heavy atom. The topological polar surface area (TPSA) is 51.2 Å². The average Bonchev–Trinajstić information content (AvgIpc) is 2.46. The Labute approximate surface area is 119 Å². The number of carbonyl (C=O) groups is 1. The van der Waals surface area contributed by atoms with Crippen LogP contribution in [0.15, 0.2) is 59.5 Å². The highest BCUT2D eigenvalue weighted by Crippen LogP contribution is 2.31. The van der Waals surface area contributed by atoms with Crippen molar-refractivity contribution in [2.24, 2.45) is 0 Å². The molecular formula is C16H16O3S. The van der Waals surface area contributed by atoms with E-state index in [9.17, 15) is 13.2 Å². The van der Waals surface area contributed by atoms with E-state index < -0.39 is 15.1 Å². The van der Waals surface area contributed by atoms with E-state index in [0.29, 0.717) is 11.8 Å². The van der Waals surface area contributed by atoms with Gasteiger partial charge in [0.25, 0.3) is 0 Å². The Kier molecular flexibility index (Phi) is 4.35. The minimum atomic E-state index is -3.56. The molecule has 2 aromatic carbocycles. The number of hydrogen-bond donors (Lipinski definition) is 0. The molecule has 0 aliphatic carbocycles. The fourth-order valence-electron chi connectivity index (χ4n) is 2.09. The number of benzene rings is 2. The van der Waals surface area contributed by atoms with Crippen molar-refractivity contribution < 1.29 is 13.2 Å². The predicted molar refractivity (Wildman–Crippen MR) is 78.2 cm³/mol. The Hall–Kier alpha value is -1.94. The lowest BCUT2D eigenvalue weighted by atomic mass is 10.1. The molecule has 0 radical (unpaired) electrons. The quantitative estimate of drug-likeness (QED) is 0.794. The molecule has 0 aliphatic heterocycles. The van der Waals surface area contributed by atoms with Crippen LogP contribution >= 0.6 is 0 Å². The van der Waals surface area contributed by atoms with Gasteiger partial charge in [0.1, 0.15) is 6.29 Å². The number of sulfone groups is 1. The molecule has 0 aromatic heterocycles. The lowest BCUT2D eigenvalue weighted by molar-refractivity contribution is -0.107. The summed E-state index contributed by atoms with van der Waals surface area (Å²) in [4.78, 5) is 11.1. The lowest BCUT2D eigenvalue weighted by Gasteiger charge is -2.16. The maximum atomic E-state index is 12.7. The van der Waals surface area contributed by atoms with Crippen molar-refractivity contribution in [3.8, 4) is 0 Å². The van der Waals surface area contributed by atoms with E-state index in [-0.39, 0.29) is 11.3 Å². The number of aryl methyl sites for hydroxylation is 1. The molecule has 0 saturated heterocycles. The third-order valence-electron chi connectivity index (χ3n) is 3.21. The zero-order valence-corrected chi connectivity index (χ0v) is 12.0. The summed E-state index contributed by atoms with van der Waals surface area (Å²) in [6, 6.07) is 15.5. The maximum absolute atomic E-state index is 12.7. The van der Waals surface area contributed by atoms with Gasteiger partial charge in [0.05, 0.1) is 10.1 Å². The molecular weight excluding hydrogens is 272 g/mol. The standard InChI is InChI=1S/C16H16O3S/c1-13-7-9-15(10-8-13)20(18,19)16(11-12-17)14-5-3-2-4-6-14/h2-10,12,16H,11H2,1H3. The van der Waals surface area contributed by atoms with Crippen molar-refractivity contribution in [1.82, 2.24) is 0 Å². The number of rotatable bonds is 5. The first-order chi connectivity index (χ1) is 9.55. The summed E-state index contributed by atoms with van der Waals surface area (Å²) in [5.41, 5.74) is 1.63. The van der Waals surface area contributed by atoms with E-state index in [2.05, 4.69) is 0 Å². The van der Waals surface area contributed by atoms with Gasteiger partial charge in [-0.25, -0.2) is 8.42 Å². The molecule has 0 aliphatic rings. The molecule has 0 spiro atoms. The fourth-order valence-corrected chi connectivity index (χ4v) is 3.78. The van der Waals surface area contributed by atoms with Crippen molar-refractivity contribution in [2.45, 2.75) is 23.5 Å². The van der Waals surface area contributed by atoms with Gasteiger partial charge in [0, 0.05) is 6.42 Å². The van der Waals surface area contributed by atoms with Gasteiger partial charge < -0.3 is 4.79 Å². The molecule has 20 heavy (non-hydrogen) atoms. The first kappa shape index (κ1) is 14.5. The third kappa shape index (κ3) is 2.96. The molecule has 1 atom stereocenters. The predicted octanol–water partition coefficient (Wildman–Crippen LogP) is 3.10. The molecule has 2 aromatic rings. The molecule has 1 unspecified atom stereocenters. The Morgan fingerprint density at radius 2 is 1.60 bits per heavy atom. The second kappa shape index (κ2) is 6.01.